The molecule has 1 N–H and O–H groups in total. The van der Waals surface area contributed by atoms with E-state index >= 15 is 0 Å². The molecular formula is C31H42N2O5. The minimum Gasteiger partial charge on any atom is -0.489 e. The zero-order valence-corrected chi connectivity index (χ0v) is 22.6. The average molecular weight is 523 g/mol. The Morgan fingerprint density at radius 1 is 0.974 bits per heavy atom. The molecule has 1 aliphatic heterocycles. The monoisotopic (exact) mass is 522 g/mol. The number of unbranched alkanes of at least 4 members (excludes halogenated alkanes) is 7. The van der Waals surface area contributed by atoms with Gasteiger partial charge in [0.05, 0.1) is 13.2 Å². The van der Waals surface area contributed by atoms with E-state index in [1.807, 2.05) is 53.4 Å². The van der Waals surface area contributed by atoms with Crippen molar-refractivity contribution in [2.24, 2.45) is 0 Å². The molecule has 0 unspecified atom stereocenters. The number of benzene rings is 2. The van der Waals surface area contributed by atoms with Gasteiger partial charge in [-0.3, -0.25) is 14.8 Å². The minimum absolute atomic E-state index is 0.0140. The molecule has 2 amide bonds. The Labute approximate surface area is 227 Å². The van der Waals surface area contributed by atoms with E-state index in [0.717, 1.165) is 35.5 Å². The first kappa shape index (κ1) is 29.4. The number of amides is 2. The van der Waals surface area contributed by atoms with Gasteiger partial charge in [-0.15, -0.1) is 0 Å². The largest absolute Gasteiger partial charge is 0.489 e. The van der Waals surface area contributed by atoms with Crippen molar-refractivity contribution in [3.05, 3.63) is 71.3 Å². The van der Waals surface area contributed by atoms with Crippen LogP contribution in [0.4, 0.5) is 0 Å². The van der Waals surface area contributed by atoms with Crippen LogP contribution in [0, 0.1) is 0 Å². The molecule has 0 aromatic heterocycles. The second-order valence-corrected chi connectivity index (χ2v) is 9.73. The van der Waals surface area contributed by atoms with E-state index in [9.17, 15) is 14.8 Å². The summed E-state index contributed by atoms with van der Waals surface area (Å²) in [6.07, 6.45) is 12.4. The standard InChI is InChI=1S/C31H42N2O5/c1-2-3-4-5-6-7-8-9-19-33(36)30(34)18-15-26-13-16-29(17-14-26)38-25-27-11-10-12-28(24-27)31(35)32-20-22-37-23-21-32/h10-18,24,36H,2-9,19-23,25H2,1H3. The lowest BCUT2D eigenvalue weighted by molar-refractivity contribution is -0.159. The fourth-order valence-electron chi connectivity index (χ4n) is 4.34. The molecule has 38 heavy (non-hydrogen) atoms. The third-order valence-corrected chi connectivity index (χ3v) is 6.65. The van der Waals surface area contributed by atoms with Crippen LogP contribution in [0.2, 0.25) is 0 Å². The van der Waals surface area contributed by atoms with Crippen LogP contribution in [0.15, 0.2) is 54.6 Å². The van der Waals surface area contributed by atoms with E-state index in [0.29, 0.717) is 50.8 Å². The first-order valence-corrected chi connectivity index (χ1v) is 13.9. The maximum atomic E-state index is 12.7. The van der Waals surface area contributed by atoms with E-state index < -0.39 is 5.91 Å². The zero-order valence-electron chi connectivity index (χ0n) is 22.6. The molecule has 1 fully saturated rings. The summed E-state index contributed by atoms with van der Waals surface area (Å²) in [5, 5.41) is 10.8. The fraction of sp³-hybridized carbons (Fsp3) is 0.484. The lowest BCUT2D eigenvalue weighted by Gasteiger charge is -2.27. The molecule has 2 aromatic rings. The van der Waals surface area contributed by atoms with Crippen LogP contribution < -0.4 is 4.74 Å². The Balaban J connectivity index is 1.38. The van der Waals surface area contributed by atoms with Gasteiger partial charge in [0.1, 0.15) is 12.4 Å². The smallest absolute Gasteiger partial charge is 0.269 e. The van der Waals surface area contributed by atoms with E-state index in [1.165, 1.54) is 38.2 Å². The molecule has 7 nitrogen and oxygen atoms in total. The Bertz CT molecular complexity index is 1020. The van der Waals surface area contributed by atoms with Crippen molar-refractivity contribution in [2.45, 2.75) is 64.9 Å². The van der Waals surface area contributed by atoms with E-state index in [4.69, 9.17) is 9.47 Å². The van der Waals surface area contributed by atoms with Crippen molar-refractivity contribution < 1.29 is 24.3 Å². The molecule has 2 aromatic carbocycles. The molecule has 1 aliphatic rings. The van der Waals surface area contributed by atoms with Gasteiger partial charge in [-0.25, -0.2) is 5.06 Å². The number of rotatable bonds is 15. The van der Waals surface area contributed by atoms with Crippen LogP contribution in [0.5, 0.6) is 5.75 Å². The topological polar surface area (TPSA) is 79.3 Å². The first-order valence-electron chi connectivity index (χ1n) is 13.9. The van der Waals surface area contributed by atoms with Crippen molar-refractivity contribution >= 4 is 17.9 Å². The third kappa shape index (κ3) is 10.3. The maximum Gasteiger partial charge on any atom is 0.269 e. The number of hydroxylamine groups is 2. The van der Waals surface area contributed by atoms with Gasteiger partial charge in [0.25, 0.3) is 11.8 Å². The summed E-state index contributed by atoms with van der Waals surface area (Å²) in [6, 6.07) is 14.9. The summed E-state index contributed by atoms with van der Waals surface area (Å²) in [5.74, 6) is 0.289. The summed E-state index contributed by atoms with van der Waals surface area (Å²) in [6.45, 7) is 5.28. The quantitative estimate of drug-likeness (QED) is 0.132. The van der Waals surface area contributed by atoms with Crippen molar-refractivity contribution in [3.8, 4) is 5.75 Å². The first-order chi connectivity index (χ1) is 18.6. The molecule has 0 atom stereocenters. The van der Waals surface area contributed by atoms with E-state index in [-0.39, 0.29) is 5.91 Å². The van der Waals surface area contributed by atoms with Gasteiger partial charge in [-0.05, 0) is 47.9 Å². The molecule has 7 heteroatoms. The Morgan fingerprint density at radius 2 is 1.66 bits per heavy atom. The summed E-state index contributed by atoms with van der Waals surface area (Å²) in [4.78, 5) is 26.7. The van der Waals surface area contributed by atoms with Crippen LogP contribution in [0.3, 0.4) is 0 Å². The Kier molecular flexibility index (Phi) is 12.9. The molecule has 0 saturated carbocycles. The van der Waals surface area contributed by atoms with Crippen molar-refractivity contribution in [1.82, 2.24) is 9.96 Å². The van der Waals surface area contributed by atoms with Crippen LogP contribution in [0.1, 0.15) is 79.8 Å². The van der Waals surface area contributed by atoms with E-state index in [1.54, 1.807) is 6.08 Å². The zero-order chi connectivity index (χ0) is 27.0. The van der Waals surface area contributed by atoms with Crippen LogP contribution in [-0.2, 0) is 16.1 Å². The molecule has 3 rings (SSSR count). The molecule has 0 aliphatic carbocycles. The van der Waals surface area contributed by atoms with Gasteiger partial charge in [0.2, 0.25) is 0 Å². The number of ether oxygens (including phenoxy) is 2. The van der Waals surface area contributed by atoms with Crippen molar-refractivity contribution in [1.29, 1.82) is 0 Å². The summed E-state index contributed by atoms with van der Waals surface area (Å²) in [7, 11) is 0. The number of carbonyl (C=O) groups is 2. The van der Waals surface area contributed by atoms with Gasteiger partial charge in [0, 0.05) is 31.3 Å². The summed E-state index contributed by atoms with van der Waals surface area (Å²) < 4.78 is 11.2. The highest BCUT2D eigenvalue weighted by Crippen LogP contribution is 2.17. The lowest BCUT2D eigenvalue weighted by Crippen LogP contribution is -2.40. The number of hydrogen-bond donors (Lipinski definition) is 1. The molecular weight excluding hydrogens is 480 g/mol. The highest BCUT2D eigenvalue weighted by molar-refractivity contribution is 5.94. The normalized spacial score (nSPS) is 13.6. The van der Waals surface area contributed by atoms with Crippen LogP contribution in [0.25, 0.3) is 6.08 Å². The van der Waals surface area contributed by atoms with Gasteiger partial charge in [0.15, 0.2) is 0 Å². The average Bonchev–Trinajstić information content (AvgIpc) is 2.96. The number of morpholine rings is 1. The molecule has 0 bridgehead atoms. The summed E-state index contributed by atoms with van der Waals surface area (Å²) >= 11 is 0. The minimum atomic E-state index is -0.417. The Morgan fingerprint density at radius 3 is 2.37 bits per heavy atom. The molecule has 0 spiro atoms. The van der Waals surface area contributed by atoms with Gasteiger partial charge in [-0.2, -0.15) is 0 Å². The van der Waals surface area contributed by atoms with Crippen molar-refractivity contribution in [2.75, 3.05) is 32.8 Å². The Hall–Kier alpha value is -3.16. The number of hydrogen-bond acceptors (Lipinski definition) is 5. The predicted octanol–water partition coefficient (Wildman–Crippen LogP) is 6.11. The predicted molar refractivity (Wildman–Crippen MR) is 149 cm³/mol. The summed E-state index contributed by atoms with van der Waals surface area (Å²) in [5.41, 5.74) is 2.40. The highest BCUT2D eigenvalue weighted by atomic mass is 16.5. The SMILES string of the molecule is CCCCCCCCCCN(O)C(=O)C=Cc1ccc(OCc2cccc(C(=O)N3CCOCC3)c2)cc1. The van der Waals surface area contributed by atoms with Gasteiger partial charge < -0.3 is 14.4 Å². The van der Waals surface area contributed by atoms with Crippen molar-refractivity contribution in [3.63, 3.8) is 0 Å². The van der Waals surface area contributed by atoms with Gasteiger partial charge in [-0.1, -0.05) is 76.1 Å². The maximum absolute atomic E-state index is 12.7. The molecule has 1 heterocycles. The van der Waals surface area contributed by atoms with Crippen LogP contribution in [-0.4, -0.2) is 59.8 Å². The second kappa shape index (κ2) is 16.6. The highest BCUT2D eigenvalue weighted by Gasteiger charge is 2.18. The molecule has 1 saturated heterocycles. The molecule has 206 valence electrons. The lowest BCUT2D eigenvalue weighted by atomic mass is 10.1. The molecule has 0 radical (unpaired) electrons. The van der Waals surface area contributed by atoms with Gasteiger partial charge >= 0.3 is 0 Å². The fourth-order valence-corrected chi connectivity index (χ4v) is 4.34. The van der Waals surface area contributed by atoms with E-state index in [2.05, 4.69) is 6.92 Å². The number of nitrogens with zero attached hydrogens (tertiary/aromatic N) is 2. The number of carbonyl (C=O) groups excluding carboxylic acids is 2. The third-order valence-electron chi connectivity index (χ3n) is 6.65. The second-order valence-electron chi connectivity index (χ2n) is 9.73. The van der Waals surface area contributed by atoms with Crippen LogP contribution >= 0.6 is 0 Å².